The second kappa shape index (κ2) is 8.62. The predicted octanol–water partition coefficient (Wildman–Crippen LogP) is 2.39. The lowest BCUT2D eigenvalue weighted by Gasteiger charge is -2.34. The standard InChI is InChI=1S/C19H30N2O3S/c20-25(22,23)14-17-7-4-12-21-19(17)13-24-18-10-8-16(9-11-18)15-5-2-1-3-6-15/h1-3,5-6,16-19,21H,4,7-14H2,(H2,20,22,23)/t16?,17-,18?,19+/m1/s1. The van der Waals surface area contributed by atoms with E-state index in [2.05, 4.69) is 35.6 Å². The first kappa shape index (κ1) is 18.8. The maximum Gasteiger partial charge on any atom is 0.209 e. The molecule has 0 radical (unpaired) electrons. The van der Waals surface area contributed by atoms with Crippen LogP contribution in [0.5, 0.6) is 0 Å². The van der Waals surface area contributed by atoms with Crippen molar-refractivity contribution in [2.45, 2.75) is 56.6 Å². The molecule has 1 saturated carbocycles. The molecule has 0 unspecified atom stereocenters. The molecule has 1 aliphatic carbocycles. The van der Waals surface area contributed by atoms with Crippen LogP contribution in [0.3, 0.4) is 0 Å². The summed E-state index contributed by atoms with van der Waals surface area (Å²) in [6, 6.07) is 10.8. The van der Waals surface area contributed by atoms with E-state index in [0.29, 0.717) is 18.6 Å². The minimum Gasteiger partial charge on any atom is -0.377 e. The van der Waals surface area contributed by atoms with Gasteiger partial charge >= 0.3 is 0 Å². The Morgan fingerprint density at radius 3 is 2.48 bits per heavy atom. The SMILES string of the molecule is NS(=O)(=O)C[C@H]1CCCN[C@H]1COC1CCC(c2ccccc2)CC1. The van der Waals surface area contributed by atoms with Gasteiger partial charge in [0.2, 0.25) is 10.0 Å². The number of rotatable bonds is 6. The normalized spacial score (nSPS) is 30.9. The second-order valence-corrected chi connectivity index (χ2v) is 9.17. The summed E-state index contributed by atoms with van der Waals surface area (Å²) in [5.74, 6) is 0.753. The maximum atomic E-state index is 11.4. The van der Waals surface area contributed by atoms with Gasteiger partial charge in [0.25, 0.3) is 0 Å². The fraction of sp³-hybridized carbons (Fsp3) is 0.684. The molecule has 6 heteroatoms. The van der Waals surface area contributed by atoms with Crippen LogP contribution in [0.4, 0.5) is 0 Å². The summed E-state index contributed by atoms with van der Waals surface area (Å²) in [7, 11) is -3.43. The molecule has 1 saturated heterocycles. The van der Waals surface area contributed by atoms with E-state index >= 15 is 0 Å². The number of sulfonamides is 1. The average Bonchev–Trinajstić information content (AvgIpc) is 2.61. The molecule has 25 heavy (non-hydrogen) atoms. The van der Waals surface area contributed by atoms with Gasteiger partial charge in [-0.1, -0.05) is 30.3 Å². The van der Waals surface area contributed by atoms with Crippen molar-refractivity contribution in [3.8, 4) is 0 Å². The van der Waals surface area contributed by atoms with Crippen molar-refractivity contribution >= 4 is 10.0 Å². The Morgan fingerprint density at radius 2 is 1.80 bits per heavy atom. The van der Waals surface area contributed by atoms with Crippen molar-refractivity contribution in [3.05, 3.63) is 35.9 Å². The lowest BCUT2D eigenvalue weighted by molar-refractivity contribution is 0.00145. The van der Waals surface area contributed by atoms with Gasteiger partial charge in [-0.3, -0.25) is 0 Å². The Labute approximate surface area is 151 Å². The minimum absolute atomic E-state index is 0.0504. The van der Waals surface area contributed by atoms with Crippen molar-refractivity contribution in [1.29, 1.82) is 0 Å². The molecule has 1 heterocycles. The summed E-state index contributed by atoms with van der Waals surface area (Å²) >= 11 is 0. The quantitative estimate of drug-likeness (QED) is 0.810. The van der Waals surface area contributed by atoms with Crippen LogP contribution in [0.2, 0.25) is 0 Å². The number of ether oxygens (including phenoxy) is 1. The van der Waals surface area contributed by atoms with Crippen LogP contribution in [0.1, 0.15) is 50.0 Å². The number of nitrogens with one attached hydrogen (secondary N) is 1. The first-order valence-corrected chi connectivity index (χ1v) is 11.1. The highest BCUT2D eigenvalue weighted by Crippen LogP contribution is 2.34. The molecular weight excluding hydrogens is 336 g/mol. The average molecular weight is 367 g/mol. The fourth-order valence-corrected chi connectivity index (χ4v) is 5.24. The minimum atomic E-state index is -3.43. The number of primary sulfonamides is 1. The van der Waals surface area contributed by atoms with Gasteiger partial charge in [-0.25, -0.2) is 13.6 Å². The van der Waals surface area contributed by atoms with Gasteiger partial charge < -0.3 is 10.1 Å². The Balaban J connectivity index is 1.45. The molecule has 2 aliphatic rings. The molecule has 140 valence electrons. The van der Waals surface area contributed by atoms with Gasteiger partial charge in [-0.2, -0.15) is 0 Å². The topological polar surface area (TPSA) is 81.4 Å². The monoisotopic (exact) mass is 366 g/mol. The van der Waals surface area contributed by atoms with Gasteiger partial charge in [-0.15, -0.1) is 0 Å². The smallest absolute Gasteiger partial charge is 0.209 e. The zero-order valence-corrected chi connectivity index (χ0v) is 15.6. The molecule has 3 rings (SSSR count). The maximum absolute atomic E-state index is 11.4. The van der Waals surface area contributed by atoms with Gasteiger partial charge in [0.15, 0.2) is 0 Å². The Morgan fingerprint density at radius 1 is 1.08 bits per heavy atom. The first-order chi connectivity index (χ1) is 12.0. The third-order valence-electron chi connectivity index (χ3n) is 5.63. The second-order valence-electron chi connectivity index (χ2n) is 7.51. The Bertz CT molecular complexity index is 627. The van der Waals surface area contributed by atoms with Crippen molar-refractivity contribution in [3.63, 3.8) is 0 Å². The van der Waals surface area contributed by atoms with E-state index in [1.807, 2.05) is 0 Å². The molecule has 5 nitrogen and oxygen atoms in total. The van der Waals surface area contributed by atoms with E-state index in [0.717, 1.165) is 45.1 Å². The molecule has 1 aliphatic heterocycles. The Hall–Kier alpha value is -0.950. The van der Waals surface area contributed by atoms with E-state index in [9.17, 15) is 8.42 Å². The molecule has 0 aromatic heterocycles. The summed E-state index contributed by atoms with van der Waals surface area (Å²) < 4.78 is 29.0. The summed E-state index contributed by atoms with van der Waals surface area (Å²) in [5, 5.41) is 8.66. The van der Waals surface area contributed by atoms with Crippen molar-refractivity contribution < 1.29 is 13.2 Å². The lowest BCUT2D eigenvalue weighted by atomic mass is 9.83. The van der Waals surface area contributed by atoms with Gasteiger partial charge in [-0.05, 0) is 62.5 Å². The summed E-state index contributed by atoms with van der Waals surface area (Å²) in [5.41, 5.74) is 1.43. The number of nitrogens with two attached hydrogens (primary N) is 1. The zero-order chi connectivity index (χ0) is 17.7. The van der Waals surface area contributed by atoms with E-state index in [1.165, 1.54) is 5.56 Å². The number of benzene rings is 1. The predicted molar refractivity (Wildman–Crippen MR) is 99.9 cm³/mol. The lowest BCUT2D eigenvalue weighted by Crippen LogP contribution is -2.48. The Kier molecular flexibility index (Phi) is 6.49. The fourth-order valence-electron chi connectivity index (χ4n) is 4.24. The van der Waals surface area contributed by atoms with Gasteiger partial charge in [0.1, 0.15) is 0 Å². The zero-order valence-electron chi connectivity index (χ0n) is 14.8. The molecule has 1 aromatic rings. The van der Waals surface area contributed by atoms with Crippen LogP contribution in [0, 0.1) is 5.92 Å². The van der Waals surface area contributed by atoms with Crippen LogP contribution in [0.15, 0.2) is 30.3 Å². The largest absolute Gasteiger partial charge is 0.377 e. The summed E-state index contributed by atoms with van der Waals surface area (Å²) in [6.45, 7) is 1.51. The number of piperidine rings is 1. The van der Waals surface area contributed by atoms with E-state index < -0.39 is 10.0 Å². The molecule has 2 atom stereocenters. The molecule has 0 amide bonds. The highest BCUT2D eigenvalue weighted by molar-refractivity contribution is 7.89. The summed E-state index contributed by atoms with van der Waals surface area (Å²) in [6.07, 6.45) is 6.66. The molecule has 3 N–H and O–H groups in total. The molecular formula is C19H30N2O3S. The first-order valence-electron chi connectivity index (χ1n) is 9.41. The van der Waals surface area contributed by atoms with Crippen LogP contribution in [0.25, 0.3) is 0 Å². The van der Waals surface area contributed by atoms with E-state index in [1.54, 1.807) is 0 Å². The number of hydrogen-bond donors (Lipinski definition) is 2. The van der Waals surface area contributed by atoms with Crippen LogP contribution in [-0.2, 0) is 14.8 Å². The van der Waals surface area contributed by atoms with Gasteiger partial charge in [0, 0.05) is 6.04 Å². The van der Waals surface area contributed by atoms with Crippen LogP contribution in [-0.4, -0.2) is 39.5 Å². The summed E-state index contributed by atoms with van der Waals surface area (Å²) in [4.78, 5) is 0. The van der Waals surface area contributed by atoms with Crippen LogP contribution < -0.4 is 10.5 Å². The van der Waals surface area contributed by atoms with E-state index in [-0.39, 0.29) is 17.7 Å². The molecule has 1 aromatic carbocycles. The highest BCUT2D eigenvalue weighted by Gasteiger charge is 2.30. The van der Waals surface area contributed by atoms with E-state index in [4.69, 9.17) is 9.88 Å². The third-order valence-corrected chi connectivity index (χ3v) is 6.52. The molecule has 2 fully saturated rings. The van der Waals surface area contributed by atoms with Gasteiger partial charge in [0.05, 0.1) is 18.5 Å². The van der Waals surface area contributed by atoms with Crippen molar-refractivity contribution in [2.75, 3.05) is 18.9 Å². The number of hydrogen-bond acceptors (Lipinski definition) is 4. The highest BCUT2D eigenvalue weighted by atomic mass is 32.2. The molecule has 0 spiro atoms. The molecule has 0 bridgehead atoms. The van der Waals surface area contributed by atoms with Crippen molar-refractivity contribution in [1.82, 2.24) is 5.32 Å². The van der Waals surface area contributed by atoms with Crippen LogP contribution >= 0.6 is 0 Å². The third kappa shape index (κ3) is 5.78. The van der Waals surface area contributed by atoms with Crippen molar-refractivity contribution in [2.24, 2.45) is 11.1 Å².